The summed E-state index contributed by atoms with van der Waals surface area (Å²) in [5.41, 5.74) is 0.168. The molecule has 0 amide bonds. The molecule has 0 atom stereocenters. The average molecular weight is 283 g/mol. The van der Waals surface area contributed by atoms with Crippen LogP contribution in [0.4, 0.5) is 0 Å². The van der Waals surface area contributed by atoms with Crippen molar-refractivity contribution in [1.82, 2.24) is 0 Å². The molecule has 0 bridgehead atoms. The first-order valence-electron chi connectivity index (χ1n) is 6.22. The van der Waals surface area contributed by atoms with Crippen molar-refractivity contribution in [2.75, 3.05) is 7.11 Å². The van der Waals surface area contributed by atoms with Crippen LogP contribution in [-0.4, -0.2) is 12.2 Å². The topological polar surface area (TPSA) is 82.7 Å². The maximum atomic E-state index is 12.2. The Morgan fingerprint density at radius 3 is 2.57 bits per heavy atom. The van der Waals surface area contributed by atoms with Gasteiger partial charge in [0.25, 0.3) is 0 Å². The Morgan fingerprint density at radius 2 is 1.90 bits per heavy atom. The number of benzene rings is 2. The zero-order chi connectivity index (χ0) is 15.0. The van der Waals surface area contributed by atoms with Crippen LogP contribution in [0.25, 0.3) is 22.3 Å². The number of phenolic OH excluding ortho intramolecular Hbond substituents is 1. The number of methoxy groups -OCH3 is 1. The van der Waals surface area contributed by atoms with Gasteiger partial charge in [0.2, 0.25) is 5.75 Å². The second-order valence-electron chi connectivity index (χ2n) is 4.47. The summed E-state index contributed by atoms with van der Waals surface area (Å²) in [6.07, 6.45) is 0. The van der Waals surface area contributed by atoms with Crippen molar-refractivity contribution in [3.8, 4) is 28.6 Å². The van der Waals surface area contributed by atoms with Crippen LogP contribution in [0.1, 0.15) is 0 Å². The molecule has 0 spiro atoms. The zero-order valence-electron chi connectivity index (χ0n) is 11.1. The van der Waals surface area contributed by atoms with Crippen LogP contribution in [0.3, 0.4) is 0 Å². The van der Waals surface area contributed by atoms with Gasteiger partial charge in [-0.1, -0.05) is 36.1 Å². The van der Waals surface area contributed by atoms with E-state index in [4.69, 9.17) is 9.15 Å². The Kier molecular flexibility index (Phi) is 3.02. The minimum absolute atomic E-state index is 0.0283. The van der Waals surface area contributed by atoms with E-state index < -0.39 is 11.2 Å². The van der Waals surface area contributed by atoms with Crippen molar-refractivity contribution in [1.29, 1.82) is 0 Å². The largest absolute Gasteiger partial charge is 0.872 e. The molecule has 1 N–H and O–H groups in total. The molecule has 0 saturated carbocycles. The molecule has 21 heavy (non-hydrogen) atoms. The van der Waals surface area contributed by atoms with Crippen molar-refractivity contribution >= 4 is 11.0 Å². The lowest BCUT2D eigenvalue weighted by molar-refractivity contribution is -0.266. The summed E-state index contributed by atoms with van der Waals surface area (Å²) in [6.45, 7) is 0. The van der Waals surface area contributed by atoms with Crippen LogP contribution in [0, 0.1) is 0 Å². The molecule has 0 unspecified atom stereocenters. The van der Waals surface area contributed by atoms with E-state index in [1.165, 1.54) is 13.2 Å². The first kappa shape index (κ1) is 13.1. The Morgan fingerprint density at radius 1 is 1.19 bits per heavy atom. The van der Waals surface area contributed by atoms with Crippen LogP contribution in [0.2, 0.25) is 0 Å². The molecular weight excluding hydrogens is 272 g/mol. The third-order valence-corrected chi connectivity index (χ3v) is 3.16. The van der Waals surface area contributed by atoms with E-state index in [1.807, 2.05) is 6.07 Å². The van der Waals surface area contributed by atoms with E-state index in [0.29, 0.717) is 11.3 Å². The first-order valence-corrected chi connectivity index (χ1v) is 6.22. The van der Waals surface area contributed by atoms with Gasteiger partial charge in [-0.25, -0.2) is 0 Å². The second kappa shape index (κ2) is 4.86. The molecule has 0 fully saturated rings. The van der Waals surface area contributed by atoms with E-state index in [9.17, 15) is 15.0 Å². The zero-order valence-corrected chi connectivity index (χ0v) is 11.1. The lowest BCUT2D eigenvalue weighted by Crippen LogP contribution is -2.06. The highest BCUT2D eigenvalue weighted by Gasteiger charge is 2.15. The number of hydrogen-bond acceptors (Lipinski definition) is 5. The second-order valence-corrected chi connectivity index (χ2v) is 4.47. The molecule has 0 radical (unpaired) electrons. The van der Waals surface area contributed by atoms with Crippen LogP contribution in [0.5, 0.6) is 17.2 Å². The SMILES string of the molecule is COc1c(O)cc([O-])c2c(=O)cc(-c3ccccc3)oc12. The molecule has 3 rings (SSSR count). The fourth-order valence-electron chi connectivity index (χ4n) is 2.21. The quantitative estimate of drug-likeness (QED) is 0.780. The van der Waals surface area contributed by atoms with Gasteiger partial charge in [-0.2, -0.15) is 0 Å². The summed E-state index contributed by atoms with van der Waals surface area (Å²) in [5, 5.41) is 21.5. The predicted molar refractivity (Wildman–Crippen MR) is 75.6 cm³/mol. The van der Waals surface area contributed by atoms with Gasteiger partial charge in [0.05, 0.1) is 12.5 Å². The average Bonchev–Trinajstić information content (AvgIpc) is 2.47. The fourth-order valence-corrected chi connectivity index (χ4v) is 2.21. The monoisotopic (exact) mass is 283 g/mol. The number of aromatic hydroxyl groups is 1. The van der Waals surface area contributed by atoms with Gasteiger partial charge >= 0.3 is 0 Å². The van der Waals surface area contributed by atoms with E-state index in [0.717, 1.165) is 6.07 Å². The lowest BCUT2D eigenvalue weighted by atomic mass is 10.1. The standard InChI is InChI=1S/C16H12O5/c1-20-15-12(19)7-10(17)14-11(18)8-13(21-16(14)15)9-5-3-2-4-6-9/h2-8,17,19H,1H3/p-1. The molecule has 0 aliphatic carbocycles. The Hall–Kier alpha value is -2.95. The van der Waals surface area contributed by atoms with E-state index >= 15 is 0 Å². The maximum absolute atomic E-state index is 12.2. The van der Waals surface area contributed by atoms with Gasteiger partial charge in [0.1, 0.15) is 5.76 Å². The third kappa shape index (κ3) is 2.08. The van der Waals surface area contributed by atoms with Gasteiger partial charge in [-0.05, 0) is 6.07 Å². The molecule has 0 saturated heterocycles. The van der Waals surface area contributed by atoms with Gasteiger partial charge in [0, 0.05) is 11.6 Å². The smallest absolute Gasteiger partial charge is 0.204 e. The molecule has 2 aromatic carbocycles. The van der Waals surface area contributed by atoms with Gasteiger partial charge in [-0.3, -0.25) is 4.79 Å². The molecular formula is C16H11O5-. The van der Waals surface area contributed by atoms with Crippen LogP contribution < -0.4 is 15.3 Å². The summed E-state index contributed by atoms with van der Waals surface area (Å²) >= 11 is 0. The summed E-state index contributed by atoms with van der Waals surface area (Å²) < 4.78 is 10.7. The van der Waals surface area contributed by atoms with Gasteiger partial charge in [-0.15, -0.1) is 0 Å². The summed E-state index contributed by atoms with van der Waals surface area (Å²) in [7, 11) is 1.33. The molecule has 5 heteroatoms. The van der Waals surface area contributed by atoms with Crippen molar-refractivity contribution in [3.05, 3.63) is 52.7 Å². The molecule has 1 heterocycles. The molecule has 3 aromatic rings. The minimum Gasteiger partial charge on any atom is -0.872 e. The number of rotatable bonds is 2. The predicted octanol–water partition coefficient (Wildman–Crippen LogP) is 2.25. The molecule has 1 aromatic heterocycles. The number of ether oxygens (including phenoxy) is 1. The van der Waals surface area contributed by atoms with Crippen molar-refractivity contribution in [2.24, 2.45) is 0 Å². The summed E-state index contributed by atoms with van der Waals surface area (Å²) in [5.74, 6) is -0.684. The van der Waals surface area contributed by atoms with E-state index in [-0.39, 0.29) is 22.5 Å². The molecule has 5 nitrogen and oxygen atoms in total. The van der Waals surface area contributed by atoms with E-state index in [2.05, 4.69) is 0 Å². The van der Waals surface area contributed by atoms with Gasteiger partial charge < -0.3 is 19.4 Å². The fraction of sp³-hybridized carbons (Fsp3) is 0.0625. The van der Waals surface area contributed by atoms with Crippen molar-refractivity contribution < 1.29 is 19.4 Å². The summed E-state index contributed by atoms with van der Waals surface area (Å²) in [6, 6.07) is 11.2. The lowest BCUT2D eigenvalue weighted by Gasteiger charge is -2.14. The van der Waals surface area contributed by atoms with Crippen LogP contribution >= 0.6 is 0 Å². The van der Waals surface area contributed by atoms with Crippen molar-refractivity contribution in [3.63, 3.8) is 0 Å². The van der Waals surface area contributed by atoms with Crippen LogP contribution in [-0.2, 0) is 0 Å². The Labute approximate surface area is 119 Å². The number of hydrogen-bond donors (Lipinski definition) is 1. The van der Waals surface area contributed by atoms with Crippen LogP contribution in [0.15, 0.2) is 51.7 Å². The highest BCUT2D eigenvalue weighted by Crippen LogP contribution is 2.39. The minimum atomic E-state index is -0.600. The normalized spacial score (nSPS) is 10.7. The summed E-state index contributed by atoms with van der Waals surface area (Å²) in [4.78, 5) is 12.2. The number of fused-ring (bicyclic) bond motifs is 1. The third-order valence-electron chi connectivity index (χ3n) is 3.16. The van der Waals surface area contributed by atoms with E-state index in [1.54, 1.807) is 24.3 Å². The highest BCUT2D eigenvalue weighted by atomic mass is 16.5. The Bertz CT molecular complexity index is 865. The molecule has 0 aliphatic heterocycles. The molecule has 106 valence electrons. The maximum Gasteiger partial charge on any atom is 0.204 e. The highest BCUT2D eigenvalue weighted by molar-refractivity contribution is 5.91. The van der Waals surface area contributed by atoms with Crippen molar-refractivity contribution in [2.45, 2.75) is 0 Å². The number of phenols is 1. The molecule has 0 aliphatic rings. The first-order chi connectivity index (χ1) is 10.1. The Balaban J connectivity index is 2.41. The van der Waals surface area contributed by atoms with Gasteiger partial charge in [0.15, 0.2) is 16.8 Å².